The molecule has 2 heteroatoms. The van der Waals surface area contributed by atoms with Crippen molar-refractivity contribution in [2.24, 2.45) is 5.92 Å². The van der Waals surface area contributed by atoms with E-state index in [4.69, 9.17) is 0 Å². The van der Waals surface area contributed by atoms with Crippen LogP contribution in [0.2, 0.25) is 0 Å². The summed E-state index contributed by atoms with van der Waals surface area (Å²) in [6.07, 6.45) is 2.76. The van der Waals surface area contributed by atoms with Crippen molar-refractivity contribution in [1.29, 1.82) is 0 Å². The molecule has 1 N–H and O–H groups in total. The SMILES string of the molecule is CC(C)CCC(O)c1ccc2c(c1)CCN2C. The largest absolute Gasteiger partial charge is 0.388 e. The van der Waals surface area contributed by atoms with E-state index in [0.29, 0.717) is 5.92 Å². The molecule has 1 aliphatic heterocycles. The monoisotopic (exact) mass is 233 g/mol. The highest BCUT2D eigenvalue weighted by Crippen LogP contribution is 2.30. The molecule has 0 aromatic heterocycles. The minimum atomic E-state index is -0.298. The summed E-state index contributed by atoms with van der Waals surface area (Å²) in [7, 11) is 2.13. The summed E-state index contributed by atoms with van der Waals surface area (Å²) in [5.74, 6) is 0.658. The molecule has 1 aromatic carbocycles. The van der Waals surface area contributed by atoms with Crippen molar-refractivity contribution in [3.8, 4) is 0 Å². The van der Waals surface area contributed by atoms with E-state index in [2.05, 4.69) is 44.0 Å². The van der Waals surface area contributed by atoms with Gasteiger partial charge in [0.15, 0.2) is 0 Å². The molecule has 1 heterocycles. The summed E-state index contributed by atoms with van der Waals surface area (Å²) in [5, 5.41) is 10.2. The summed E-state index contributed by atoms with van der Waals surface area (Å²) in [6.45, 7) is 5.50. The highest BCUT2D eigenvalue weighted by atomic mass is 16.3. The summed E-state index contributed by atoms with van der Waals surface area (Å²) in [6, 6.07) is 6.41. The van der Waals surface area contributed by atoms with Crippen molar-refractivity contribution in [1.82, 2.24) is 0 Å². The number of rotatable bonds is 4. The lowest BCUT2D eigenvalue weighted by Crippen LogP contribution is -2.12. The predicted molar refractivity (Wildman–Crippen MR) is 72.4 cm³/mol. The molecule has 0 fully saturated rings. The fourth-order valence-corrected chi connectivity index (χ4v) is 2.45. The molecule has 2 rings (SSSR count). The molecule has 1 aliphatic rings. The first-order chi connectivity index (χ1) is 8.08. The van der Waals surface area contributed by atoms with Crippen molar-refractivity contribution in [3.05, 3.63) is 29.3 Å². The molecule has 0 saturated carbocycles. The Bertz CT molecular complexity index is 387. The van der Waals surface area contributed by atoms with Gasteiger partial charge in [0.05, 0.1) is 6.10 Å². The van der Waals surface area contributed by atoms with Crippen LogP contribution in [0.3, 0.4) is 0 Å². The van der Waals surface area contributed by atoms with Crippen molar-refractivity contribution < 1.29 is 5.11 Å². The number of hydrogen-bond acceptors (Lipinski definition) is 2. The zero-order valence-electron chi connectivity index (χ0n) is 11.1. The van der Waals surface area contributed by atoms with Crippen molar-refractivity contribution in [2.45, 2.75) is 39.2 Å². The second-order valence-corrected chi connectivity index (χ2v) is 5.55. The lowest BCUT2D eigenvalue weighted by Gasteiger charge is -2.15. The van der Waals surface area contributed by atoms with Gasteiger partial charge < -0.3 is 10.0 Å². The Balaban J connectivity index is 2.07. The van der Waals surface area contributed by atoms with Gasteiger partial charge in [-0.3, -0.25) is 0 Å². The highest BCUT2D eigenvalue weighted by molar-refractivity contribution is 5.58. The molecule has 0 saturated heterocycles. The molecule has 0 radical (unpaired) electrons. The zero-order valence-corrected chi connectivity index (χ0v) is 11.1. The van der Waals surface area contributed by atoms with Gasteiger partial charge in [-0.1, -0.05) is 26.0 Å². The van der Waals surface area contributed by atoms with E-state index < -0.39 is 0 Å². The van der Waals surface area contributed by atoms with Gasteiger partial charge in [-0.15, -0.1) is 0 Å². The normalized spacial score (nSPS) is 16.4. The van der Waals surface area contributed by atoms with Gasteiger partial charge in [0.25, 0.3) is 0 Å². The van der Waals surface area contributed by atoms with Crippen molar-refractivity contribution in [2.75, 3.05) is 18.5 Å². The molecule has 17 heavy (non-hydrogen) atoms. The van der Waals surface area contributed by atoms with Crippen LogP contribution in [0.5, 0.6) is 0 Å². The molecule has 0 bridgehead atoms. The van der Waals surface area contributed by atoms with Crippen LogP contribution in [-0.2, 0) is 6.42 Å². The number of likely N-dealkylation sites (N-methyl/N-ethyl adjacent to an activating group) is 1. The third kappa shape index (κ3) is 2.81. The maximum absolute atomic E-state index is 10.2. The van der Waals surface area contributed by atoms with E-state index in [1.165, 1.54) is 11.3 Å². The van der Waals surface area contributed by atoms with Gasteiger partial charge in [0, 0.05) is 19.3 Å². The van der Waals surface area contributed by atoms with Gasteiger partial charge in [0.2, 0.25) is 0 Å². The average molecular weight is 233 g/mol. The van der Waals surface area contributed by atoms with Gasteiger partial charge >= 0.3 is 0 Å². The summed E-state index contributed by atoms with van der Waals surface area (Å²) in [4.78, 5) is 2.28. The number of fused-ring (bicyclic) bond motifs is 1. The third-order valence-electron chi connectivity index (χ3n) is 3.63. The van der Waals surface area contributed by atoms with Gasteiger partial charge in [-0.05, 0) is 42.4 Å². The number of anilines is 1. The molecule has 94 valence electrons. The van der Waals surface area contributed by atoms with Crippen LogP contribution in [-0.4, -0.2) is 18.7 Å². The minimum absolute atomic E-state index is 0.298. The quantitative estimate of drug-likeness (QED) is 0.863. The molecule has 0 amide bonds. The van der Waals surface area contributed by atoms with Crippen LogP contribution in [0, 0.1) is 5.92 Å². The zero-order chi connectivity index (χ0) is 12.4. The van der Waals surface area contributed by atoms with E-state index in [1.54, 1.807) is 0 Å². The topological polar surface area (TPSA) is 23.5 Å². The van der Waals surface area contributed by atoms with Crippen LogP contribution in [0.15, 0.2) is 18.2 Å². The maximum Gasteiger partial charge on any atom is 0.0790 e. The molecule has 1 atom stereocenters. The van der Waals surface area contributed by atoms with E-state index in [-0.39, 0.29) is 6.10 Å². The average Bonchev–Trinajstić information content (AvgIpc) is 2.67. The van der Waals surface area contributed by atoms with Crippen molar-refractivity contribution >= 4 is 5.69 Å². The van der Waals surface area contributed by atoms with Crippen LogP contribution in [0.1, 0.15) is 43.9 Å². The van der Waals surface area contributed by atoms with E-state index in [1.807, 2.05) is 0 Å². The molecule has 1 aromatic rings. The fourth-order valence-electron chi connectivity index (χ4n) is 2.45. The summed E-state index contributed by atoms with van der Waals surface area (Å²) >= 11 is 0. The minimum Gasteiger partial charge on any atom is -0.388 e. The Morgan fingerprint density at radius 3 is 2.76 bits per heavy atom. The molecular formula is C15H23NO. The first-order valence-electron chi connectivity index (χ1n) is 6.60. The Kier molecular flexibility index (Phi) is 3.72. The highest BCUT2D eigenvalue weighted by Gasteiger charge is 2.17. The fraction of sp³-hybridized carbons (Fsp3) is 0.600. The van der Waals surface area contributed by atoms with Crippen LogP contribution in [0.4, 0.5) is 5.69 Å². The van der Waals surface area contributed by atoms with Crippen LogP contribution in [0.25, 0.3) is 0 Å². The predicted octanol–water partition coefficient (Wildman–Crippen LogP) is 3.15. The van der Waals surface area contributed by atoms with Gasteiger partial charge in [-0.25, -0.2) is 0 Å². The first-order valence-corrected chi connectivity index (χ1v) is 6.60. The second kappa shape index (κ2) is 5.09. The Morgan fingerprint density at radius 2 is 2.06 bits per heavy atom. The molecule has 2 nitrogen and oxygen atoms in total. The molecule has 1 unspecified atom stereocenters. The Morgan fingerprint density at radius 1 is 1.29 bits per heavy atom. The maximum atomic E-state index is 10.2. The van der Waals surface area contributed by atoms with E-state index in [0.717, 1.165) is 31.4 Å². The first kappa shape index (κ1) is 12.4. The smallest absolute Gasteiger partial charge is 0.0790 e. The van der Waals surface area contributed by atoms with E-state index in [9.17, 15) is 5.11 Å². The van der Waals surface area contributed by atoms with Crippen molar-refractivity contribution in [3.63, 3.8) is 0 Å². The Labute approximate surface area is 104 Å². The third-order valence-corrected chi connectivity index (χ3v) is 3.63. The molecule has 0 spiro atoms. The number of hydrogen-bond donors (Lipinski definition) is 1. The molecule has 0 aliphatic carbocycles. The standard InChI is InChI=1S/C15H23NO/c1-11(2)4-7-15(17)13-5-6-14-12(10-13)8-9-16(14)3/h5-6,10-11,15,17H,4,7-9H2,1-3H3. The lowest BCUT2D eigenvalue weighted by molar-refractivity contribution is 0.159. The number of benzene rings is 1. The molecular weight excluding hydrogens is 210 g/mol. The summed E-state index contributed by atoms with van der Waals surface area (Å²) < 4.78 is 0. The number of aliphatic hydroxyl groups excluding tert-OH is 1. The lowest BCUT2D eigenvalue weighted by atomic mass is 9.98. The van der Waals surface area contributed by atoms with Crippen LogP contribution < -0.4 is 4.90 Å². The van der Waals surface area contributed by atoms with E-state index >= 15 is 0 Å². The van der Waals surface area contributed by atoms with Crippen LogP contribution >= 0.6 is 0 Å². The van der Waals surface area contributed by atoms with Gasteiger partial charge in [-0.2, -0.15) is 0 Å². The summed E-state index contributed by atoms with van der Waals surface area (Å²) in [5.41, 5.74) is 3.79. The second-order valence-electron chi connectivity index (χ2n) is 5.55. The number of nitrogens with zero attached hydrogens (tertiary/aromatic N) is 1. The van der Waals surface area contributed by atoms with Gasteiger partial charge in [0.1, 0.15) is 0 Å². The number of aliphatic hydroxyl groups is 1. The Hall–Kier alpha value is -1.02.